The lowest BCUT2D eigenvalue weighted by molar-refractivity contribution is 0.0698. The number of carboxylic acid groups (broad SMARTS) is 1. The van der Waals surface area contributed by atoms with E-state index in [2.05, 4.69) is 9.97 Å². The molecular formula is C10H11N3O3. The molecule has 0 aromatic carbocycles. The summed E-state index contributed by atoms with van der Waals surface area (Å²) in [5, 5.41) is 8.96. The zero-order valence-electron chi connectivity index (χ0n) is 8.89. The van der Waals surface area contributed by atoms with Crippen molar-refractivity contribution in [3.05, 3.63) is 28.3 Å². The zero-order chi connectivity index (χ0) is 11.9. The molecule has 0 aliphatic rings. The Bertz CT molecular complexity index is 609. The molecule has 0 bridgehead atoms. The quantitative estimate of drug-likeness (QED) is 0.791. The third kappa shape index (κ3) is 1.39. The normalized spacial score (nSPS) is 11.2. The van der Waals surface area contributed by atoms with E-state index >= 15 is 0 Å². The van der Waals surface area contributed by atoms with Crippen LogP contribution in [0.4, 0.5) is 0 Å². The highest BCUT2D eigenvalue weighted by Crippen LogP contribution is 2.15. The summed E-state index contributed by atoms with van der Waals surface area (Å²) in [6.07, 6.45) is 1.39. The second-order valence-electron chi connectivity index (χ2n) is 3.76. The van der Waals surface area contributed by atoms with Crippen LogP contribution in [0.1, 0.15) is 30.2 Å². The monoisotopic (exact) mass is 221 g/mol. The van der Waals surface area contributed by atoms with Crippen molar-refractivity contribution in [3.8, 4) is 0 Å². The maximum atomic E-state index is 11.6. The Balaban J connectivity index is 2.88. The molecule has 2 aromatic rings. The smallest absolute Gasteiger partial charge is 0.338 e. The number of carboxylic acids is 1. The van der Waals surface area contributed by atoms with E-state index in [1.165, 1.54) is 16.8 Å². The Morgan fingerprint density at radius 3 is 2.81 bits per heavy atom. The van der Waals surface area contributed by atoms with E-state index in [-0.39, 0.29) is 22.8 Å². The van der Waals surface area contributed by atoms with Gasteiger partial charge in [0, 0.05) is 12.2 Å². The molecule has 0 aliphatic carbocycles. The topological polar surface area (TPSA) is 88.0 Å². The maximum absolute atomic E-state index is 11.6. The molecule has 0 spiro atoms. The number of nitrogens with one attached hydrogen (secondary N) is 1. The van der Waals surface area contributed by atoms with E-state index in [1.807, 2.05) is 13.8 Å². The molecule has 2 N–H and O–H groups in total. The Morgan fingerprint density at radius 2 is 2.25 bits per heavy atom. The highest BCUT2D eigenvalue weighted by atomic mass is 16.4. The lowest BCUT2D eigenvalue weighted by Crippen LogP contribution is -2.18. The molecule has 0 aliphatic heterocycles. The summed E-state index contributed by atoms with van der Waals surface area (Å²) in [5.41, 5.74) is 0.362. The van der Waals surface area contributed by atoms with Gasteiger partial charge < -0.3 is 10.1 Å². The molecule has 2 rings (SSSR count). The first-order valence-corrected chi connectivity index (χ1v) is 4.85. The minimum absolute atomic E-state index is 0.0569. The van der Waals surface area contributed by atoms with Crippen LogP contribution >= 0.6 is 0 Å². The number of nitrogens with zero attached hydrogens (tertiary/aromatic N) is 2. The fourth-order valence-corrected chi connectivity index (χ4v) is 1.68. The fourth-order valence-electron chi connectivity index (χ4n) is 1.68. The number of hydrogen-bond donors (Lipinski definition) is 2. The van der Waals surface area contributed by atoms with Crippen LogP contribution in [0.15, 0.2) is 17.1 Å². The van der Waals surface area contributed by atoms with Crippen LogP contribution < -0.4 is 5.69 Å². The molecule has 0 atom stereocenters. The van der Waals surface area contributed by atoms with Crippen LogP contribution in [0.25, 0.3) is 11.2 Å². The average Bonchev–Trinajstić information content (AvgIpc) is 2.52. The van der Waals surface area contributed by atoms with Gasteiger partial charge in [0.15, 0.2) is 5.65 Å². The molecule has 0 saturated carbocycles. The number of aromatic carboxylic acids is 1. The number of pyridine rings is 1. The minimum atomic E-state index is -1.08. The number of rotatable bonds is 2. The Labute approximate surface area is 90.5 Å². The maximum Gasteiger partial charge on any atom is 0.338 e. The first kappa shape index (κ1) is 10.4. The summed E-state index contributed by atoms with van der Waals surface area (Å²) >= 11 is 0. The van der Waals surface area contributed by atoms with Gasteiger partial charge in [-0.1, -0.05) is 0 Å². The predicted molar refractivity (Wildman–Crippen MR) is 57.7 cm³/mol. The average molecular weight is 221 g/mol. The van der Waals surface area contributed by atoms with Gasteiger partial charge in [0.2, 0.25) is 0 Å². The molecule has 6 heteroatoms. The SMILES string of the molecule is CC(C)n1c(=O)[nH]c2c(C(=O)O)ccnc21. The van der Waals surface area contributed by atoms with Crippen molar-refractivity contribution in [2.45, 2.75) is 19.9 Å². The van der Waals surface area contributed by atoms with Gasteiger partial charge in [-0.05, 0) is 19.9 Å². The lowest BCUT2D eigenvalue weighted by Gasteiger charge is -2.05. The van der Waals surface area contributed by atoms with Crippen molar-refractivity contribution in [2.75, 3.05) is 0 Å². The molecule has 2 heterocycles. The molecule has 2 aromatic heterocycles. The summed E-state index contributed by atoms with van der Waals surface area (Å²) in [6, 6.07) is 1.29. The molecule has 0 amide bonds. The van der Waals surface area contributed by atoms with E-state index in [0.717, 1.165) is 0 Å². The molecule has 0 fully saturated rings. The van der Waals surface area contributed by atoms with Gasteiger partial charge in [-0.25, -0.2) is 14.6 Å². The Morgan fingerprint density at radius 1 is 1.56 bits per heavy atom. The zero-order valence-corrected chi connectivity index (χ0v) is 8.89. The molecular weight excluding hydrogens is 210 g/mol. The largest absolute Gasteiger partial charge is 0.478 e. The van der Waals surface area contributed by atoms with Crippen LogP contribution in [0.2, 0.25) is 0 Å². The number of imidazole rings is 1. The van der Waals surface area contributed by atoms with Crippen LogP contribution in [0.5, 0.6) is 0 Å². The van der Waals surface area contributed by atoms with Crippen LogP contribution in [-0.2, 0) is 0 Å². The molecule has 16 heavy (non-hydrogen) atoms. The van der Waals surface area contributed by atoms with E-state index in [9.17, 15) is 9.59 Å². The number of carbonyl (C=O) groups is 1. The number of fused-ring (bicyclic) bond motifs is 1. The predicted octanol–water partition coefficient (Wildman–Crippen LogP) is 1.00. The van der Waals surface area contributed by atoms with Gasteiger partial charge in [0.1, 0.15) is 5.52 Å². The Hall–Kier alpha value is -2.11. The first-order chi connectivity index (χ1) is 7.52. The highest BCUT2D eigenvalue weighted by molar-refractivity contribution is 5.99. The van der Waals surface area contributed by atoms with Crippen molar-refractivity contribution in [3.63, 3.8) is 0 Å². The second-order valence-corrected chi connectivity index (χ2v) is 3.76. The van der Waals surface area contributed by atoms with Gasteiger partial charge in [-0.15, -0.1) is 0 Å². The van der Waals surface area contributed by atoms with Crippen LogP contribution in [-0.4, -0.2) is 25.6 Å². The summed E-state index contributed by atoms with van der Waals surface area (Å²) in [7, 11) is 0. The standard InChI is InChI=1S/C10H11N3O3/c1-5(2)13-8-7(12-10(13)16)6(9(14)15)3-4-11-8/h3-5H,1-2H3,(H,12,16)(H,14,15). The molecule has 0 saturated heterocycles. The van der Waals surface area contributed by atoms with E-state index in [1.54, 1.807) is 0 Å². The summed E-state index contributed by atoms with van der Waals surface area (Å²) < 4.78 is 1.43. The van der Waals surface area contributed by atoms with Crippen molar-refractivity contribution in [2.24, 2.45) is 0 Å². The van der Waals surface area contributed by atoms with Crippen LogP contribution in [0, 0.1) is 0 Å². The third-order valence-corrected chi connectivity index (χ3v) is 2.36. The van der Waals surface area contributed by atoms with E-state index in [0.29, 0.717) is 5.65 Å². The van der Waals surface area contributed by atoms with Crippen molar-refractivity contribution in [1.29, 1.82) is 0 Å². The van der Waals surface area contributed by atoms with E-state index < -0.39 is 5.97 Å². The number of aromatic amines is 1. The van der Waals surface area contributed by atoms with Gasteiger partial charge in [-0.2, -0.15) is 0 Å². The Kier molecular flexibility index (Phi) is 2.26. The fraction of sp³-hybridized carbons (Fsp3) is 0.300. The van der Waals surface area contributed by atoms with Crippen molar-refractivity contribution in [1.82, 2.24) is 14.5 Å². The number of H-pyrrole nitrogens is 1. The second kappa shape index (κ2) is 3.48. The van der Waals surface area contributed by atoms with Gasteiger partial charge >= 0.3 is 11.7 Å². The molecule has 84 valence electrons. The third-order valence-electron chi connectivity index (χ3n) is 2.36. The number of aromatic nitrogens is 3. The summed E-state index contributed by atoms with van der Waals surface area (Å²) in [6.45, 7) is 3.67. The minimum Gasteiger partial charge on any atom is -0.478 e. The van der Waals surface area contributed by atoms with Crippen molar-refractivity contribution >= 4 is 17.1 Å². The van der Waals surface area contributed by atoms with E-state index in [4.69, 9.17) is 5.11 Å². The van der Waals surface area contributed by atoms with Gasteiger partial charge in [0.05, 0.1) is 5.56 Å². The molecule has 6 nitrogen and oxygen atoms in total. The summed E-state index contributed by atoms with van der Waals surface area (Å²) in [4.78, 5) is 29.1. The highest BCUT2D eigenvalue weighted by Gasteiger charge is 2.16. The van der Waals surface area contributed by atoms with Crippen molar-refractivity contribution < 1.29 is 9.90 Å². The molecule has 0 radical (unpaired) electrons. The lowest BCUT2D eigenvalue weighted by atomic mass is 10.2. The first-order valence-electron chi connectivity index (χ1n) is 4.85. The molecule has 0 unspecified atom stereocenters. The number of hydrogen-bond acceptors (Lipinski definition) is 3. The summed E-state index contributed by atoms with van der Waals surface area (Å²) in [5.74, 6) is -1.08. The van der Waals surface area contributed by atoms with Crippen LogP contribution in [0.3, 0.4) is 0 Å². The van der Waals surface area contributed by atoms with Gasteiger partial charge in [-0.3, -0.25) is 4.57 Å². The van der Waals surface area contributed by atoms with Gasteiger partial charge in [0.25, 0.3) is 0 Å².